The van der Waals surface area contributed by atoms with Crippen LogP contribution < -0.4 is 16.2 Å². The van der Waals surface area contributed by atoms with Gasteiger partial charge in [-0.05, 0) is 203 Å². The van der Waals surface area contributed by atoms with Gasteiger partial charge in [0, 0.05) is 64.5 Å². The second-order valence-corrected chi connectivity index (χ2v) is 31.1. The third-order valence-corrected chi connectivity index (χ3v) is 21.6. The van der Waals surface area contributed by atoms with Crippen LogP contribution in [-0.4, -0.2) is 11.8 Å². The van der Waals surface area contributed by atoms with Crippen molar-refractivity contribution in [2.24, 2.45) is 0 Å². The normalized spacial score (nSPS) is 18.0. The van der Waals surface area contributed by atoms with Crippen molar-refractivity contribution in [3.8, 4) is 39.1 Å². The molecule has 1 aliphatic heterocycles. The van der Waals surface area contributed by atoms with Gasteiger partial charge < -0.3 is 9.88 Å². The molecule has 2 nitrogen and oxygen atoms in total. The van der Waals surface area contributed by atoms with Gasteiger partial charge in [0.25, 0.3) is 0 Å². The molecule has 10 aromatic rings. The number of fused-ring (bicyclic) bond motifs is 13. The van der Waals surface area contributed by atoms with Crippen molar-refractivity contribution in [2.45, 2.75) is 174 Å². The van der Waals surface area contributed by atoms with E-state index in [1.165, 1.54) is 162 Å². The standard InChI is InChI=1S/C75H79BN2S/c1-69(2,3)43-22-25-45(26-23-43)77-61-41-65-50(51-37-56-59(40-64(51)79-65)74(13,14)32-30-71(56,7)8)36-49(61)52-35-47(42-21-27-55-48(33-42)46-19-17-18-20-54(46)75(55,15)16)66-53-38-57-58(73(11,12)31-29-72(57,9)10)39-63(53)78-62-28-24-44(70(4,5)6)34-60(62)76-67(52)68(66)78/h17-28,33-41,76-77H,29-32H2,1-16H3. The van der Waals surface area contributed by atoms with Crippen LogP contribution in [0.4, 0.5) is 11.4 Å². The van der Waals surface area contributed by atoms with Crippen LogP contribution in [0.5, 0.6) is 0 Å². The van der Waals surface area contributed by atoms with Crippen molar-refractivity contribution in [3.05, 3.63) is 172 Å². The number of benzene rings is 8. The molecule has 398 valence electrons. The van der Waals surface area contributed by atoms with Gasteiger partial charge in [-0.3, -0.25) is 0 Å². The summed E-state index contributed by atoms with van der Waals surface area (Å²) in [5.41, 5.74) is 28.8. The second kappa shape index (κ2) is 16.4. The van der Waals surface area contributed by atoms with Gasteiger partial charge in [0.2, 0.25) is 0 Å². The topological polar surface area (TPSA) is 17.0 Å². The van der Waals surface area contributed by atoms with Crippen molar-refractivity contribution in [1.29, 1.82) is 0 Å². The Balaban J connectivity index is 1.14. The number of hydrogen-bond acceptors (Lipinski definition) is 2. The van der Waals surface area contributed by atoms with Crippen molar-refractivity contribution in [3.63, 3.8) is 0 Å². The molecule has 0 spiro atoms. The average molecular weight is 1050 g/mol. The molecular weight excluding hydrogens is 972 g/mol. The average Bonchev–Trinajstić information content (AvgIpc) is 3.74. The molecule has 4 aliphatic rings. The van der Waals surface area contributed by atoms with Gasteiger partial charge >= 0.3 is 0 Å². The van der Waals surface area contributed by atoms with Crippen molar-refractivity contribution in [1.82, 2.24) is 4.57 Å². The first-order valence-corrected chi connectivity index (χ1v) is 30.4. The fourth-order valence-electron chi connectivity index (χ4n) is 15.1. The predicted molar refractivity (Wildman–Crippen MR) is 346 cm³/mol. The molecule has 3 aliphatic carbocycles. The molecule has 2 aromatic heterocycles. The van der Waals surface area contributed by atoms with E-state index < -0.39 is 0 Å². The Hall–Kier alpha value is -6.36. The van der Waals surface area contributed by atoms with Gasteiger partial charge in [-0.25, -0.2) is 0 Å². The molecular formula is C75H79BN2S. The van der Waals surface area contributed by atoms with E-state index in [1.807, 2.05) is 11.3 Å². The largest absolute Gasteiger partial charge is 0.355 e. The summed E-state index contributed by atoms with van der Waals surface area (Å²) >= 11 is 1.97. The number of nitrogens with zero attached hydrogens (tertiary/aromatic N) is 1. The predicted octanol–water partition coefficient (Wildman–Crippen LogP) is 19.5. The number of anilines is 2. The third kappa shape index (κ3) is 7.54. The van der Waals surface area contributed by atoms with Crippen LogP contribution in [0.3, 0.4) is 0 Å². The maximum absolute atomic E-state index is 4.14. The summed E-state index contributed by atoms with van der Waals surface area (Å²) in [6, 6.07) is 51.6. The van der Waals surface area contributed by atoms with Crippen molar-refractivity contribution >= 4 is 82.9 Å². The molecule has 0 amide bonds. The lowest BCUT2D eigenvalue weighted by atomic mass is 9.58. The number of rotatable bonds is 4. The first-order chi connectivity index (χ1) is 37.1. The maximum Gasteiger partial charge on any atom is 0.198 e. The molecule has 0 bridgehead atoms. The molecule has 14 rings (SSSR count). The lowest BCUT2D eigenvalue weighted by Crippen LogP contribution is -2.38. The van der Waals surface area contributed by atoms with Crippen LogP contribution in [0, 0.1) is 0 Å². The molecule has 8 aromatic carbocycles. The number of hydrogen-bond donors (Lipinski definition) is 1. The van der Waals surface area contributed by atoms with Gasteiger partial charge in [-0.2, -0.15) is 0 Å². The van der Waals surface area contributed by atoms with E-state index in [0.29, 0.717) is 0 Å². The number of aromatic nitrogens is 1. The van der Waals surface area contributed by atoms with E-state index in [0.717, 1.165) is 18.7 Å². The fraction of sp³-hybridized carbons (Fsp3) is 0.360. The Bertz CT molecular complexity index is 4280. The molecule has 0 fully saturated rings. The SMILES string of the molecule is CC(C)(C)c1ccc(Nc2cc3sc4cc5c(cc4c3cc2-c2cc(-c3ccc4c(c3)-c3ccccc3C4(C)C)c3c4cc6c(cc4n4c3c2Bc2cc(C(C)(C)C)ccc2-4)C(C)(C)CCC6(C)C)C(C)(C)CCC5(C)C)cc1. The van der Waals surface area contributed by atoms with E-state index in [9.17, 15) is 0 Å². The Morgan fingerprint density at radius 3 is 1.70 bits per heavy atom. The zero-order valence-electron chi connectivity index (χ0n) is 50.0. The monoisotopic (exact) mass is 1050 g/mol. The van der Waals surface area contributed by atoms with E-state index in [-0.39, 0.29) is 37.9 Å². The summed E-state index contributed by atoms with van der Waals surface area (Å²) < 4.78 is 5.44. The highest BCUT2D eigenvalue weighted by molar-refractivity contribution is 7.25. The minimum atomic E-state index is -0.0900. The Morgan fingerprint density at radius 1 is 0.468 bits per heavy atom. The Morgan fingerprint density at radius 2 is 1.04 bits per heavy atom. The molecule has 1 N–H and O–H groups in total. The maximum atomic E-state index is 4.14. The lowest BCUT2D eigenvalue weighted by Gasteiger charge is -2.42. The van der Waals surface area contributed by atoms with E-state index in [1.54, 1.807) is 0 Å². The molecule has 79 heavy (non-hydrogen) atoms. The Kier molecular flexibility index (Phi) is 10.6. The first-order valence-electron chi connectivity index (χ1n) is 29.6. The van der Waals surface area contributed by atoms with E-state index in [2.05, 4.69) is 248 Å². The first kappa shape index (κ1) is 50.8. The van der Waals surface area contributed by atoms with Gasteiger partial charge in [0.1, 0.15) is 0 Å². The smallest absolute Gasteiger partial charge is 0.198 e. The summed E-state index contributed by atoms with van der Waals surface area (Å²) in [6.07, 6.45) is 4.73. The van der Waals surface area contributed by atoms with E-state index in [4.69, 9.17) is 0 Å². The van der Waals surface area contributed by atoms with Gasteiger partial charge in [0.15, 0.2) is 7.28 Å². The zero-order chi connectivity index (χ0) is 55.5. The Labute approximate surface area is 475 Å². The number of nitrogens with one attached hydrogen (secondary N) is 1. The van der Waals surface area contributed by atoms with Gasteiger partial charge in [0.05, 0.1) is 5.52 Å². The summed E-state index contributed by atoms with van der Waals surface area (Å²) in [5.74, 6) is 0. The lowest BCUT2D eigenvalue weighted by molar-refractivity contribution is 0.332. The third-order valence-electron chi connectivity index (χ3n) is 20.5. The van der Waals surface area contributed by atoms with Crippen LogP contribution in [0.1, 0.15) is 181 Å². The molecule has 4 heteroatoms. The summed E-state index contributed by atoms with van der Waals surface area (Å²) in [4.78, 5) is 0. The molecule has 0 saturated heterocycles. The highest BCUT2D eigenvalue weighted by Crippen LogP contribution is 2.55. The highest BCUT2D eigenvalue weighted by Gasteiger charge is 2.41. The summed E-state index contributed by atoms with van der Waals surface area (Å²) in [7, 11) is 0.836. The van der Waals surface area contributed by atoms with Gasteiger partial charge in [-0.15, -0.1) is 11.3 Å². The second-order valence-electron chi connectivity index (χ2n) is 30.0. The molecule has 0 atom stereocenters. The van der Waals surface area contributed by atoms with Crippen LogP contribution in [0.25, 0.3) is 81.0 Å². The minimum Gasteiger partial charge on any atom is -0.355 e. The molecule has 0 saturated carbocycles. The van der Waals surface area contributed by atoms with Crippen LogP contribution in [0.2, 0.25) is 0 Å². The van der Waals surface area contributed by atoms with Crippen LogP contribution >= 0.6 is 11.3 Å². The number of thiophene rings is 1. The van der Waals surface area contributed by atoms with Crippen LogP contribution in [-0.2, 0) is 37.9 Å². The zero-order valence-corrected chi connectivity index (χ0v) is 50.8. The van der Waals surface area contributed by atoms with Crippen molar-refractivity contribution < 1.29 is 0 Å². The molecule has 0 unspecified atom stereocenters. The van der Waals surface area contributed by atoms with Gasteiger partial charge in [-0.1, -0.05) is 177 Å². The highest BCUT2D eigenvalue weighted by atomic mass is 32.1. The quantitative estimate of drug-likeness (QED) is 0.174. The molecule has 0 radical (unpaired) electrons. The van der Waals surface area contributed by atoms with Crippen molar-refractivity contribution in [2.75, 3.05) is 5.32 Å². The minimum absolute atomic E-state index is 0.000848. The summed E-state index contributed by atoms with van der Waals surface area (Å²) in [5, 5.41) is 9.61. The summed E-state index contributed by atoms with van der Waals surface area (Å²) in [6.45, 7) is 38.7. The molecule has 3 heterocycles. The van der Waals surface area contributed by atoms with Crippen LogP contribution in [0.15, 0.2) is 127 Å². The fourth-order valence-corrected chi connectivity index (χ4v) is 16.3. The van der Waals surface area contributed by atoms with E-state index >= 15 is 0 Å².